The monoisotopic (exact) mass is 289 g/mol. The van der Waals surface area contributed by atoms with Crippen LogP contribution >= 0.6 is 0 Å². The summed E-state index contributed by atoms with van der Waals surface area (Å²) in [4.78, 5) is 11.1. The Hall–Kier alpha value is -2.01. The molecule has 0 unspecified atom stereocenters. The lowest BCUT2D eigenvalue weighted by molar-refractivity contribution is 0.127. The molecule has 0 saturated carbocycles. The maximum Gasteiger partial charge on any atom is 0.264 e. The molecule has 114 valence electrons. The second-order valence-corrected chi connectivity index (χ2v) is 5.47. The van der Waals surface area contributed by atoms with Gasteiger partial charge in [-0.3, -0.25) is 15.0 Å². The van der Waals surface area contributed by atoms with Gasteiger partial charge < -0.3 is 10.4 Å². The fourth-order valence-corrected chi connectivity index (χ4v) is 2.32. The lowest BCUT2D eigenvalue weighted by atomic mass is 9.83. The number of aromatic nitrogens is 2. The summed E-state index contributed by atoms with van der Waals surface area (Å²) in [6, 6.07) is 9.41. The second-order valence-electron chi connectivity index (χ2n) is 5.47. The number of aliphatic hydroxyl groups excluding tert-OH is 1. The summed E-state index contributed by atoms with van der Waals surface area (Å²) in [5.74, 6) is 0. The van der Waals surface area contributed by atoms with Crippen molar-refractivity contribution in [3.8, 4) is 11.3 Å². The highest BCUT2D eigenvalue weighted by molar-refractivity contribution is 5.62. The predicted molar refractivity (Wildman–Crippen MR) is 85.4 cm³/mol. The maximum atomic E-state index is 11.1. The van der Waals surface area contributed by atoms with Crippen molar-refractivity contribution in [2.75, 3.05) is 18.5 Å². The van der Waals surface area contributed by atoms with Crippen LogP contribution in [0.15, 0.2) is 35.1 Å². The zero-order valence-corrected chi connectivity index (χ0v) is 12.6. The van der Waals surface area contributed by atoms with E-state index in [1.54, 1.807) is 0 Å². The number of H-pyrrole nitrogens is 2. The van der Waals surface area contributed by atoms with E-state index in [0.717, 1.165) is 36.3 Å². The van der Waals surface area contributed by atoms with Gasteiger partial charge in [0.05, 0.1) is 12.3 Å². The van der Waals surface area contributed by atoms with E-state index in [2.05, 4.69) is 29.4 Å². The van der Waals surface area contributed by atoms with Gasteiger partial charge >= 0.3 is 0 Å². The molecule has 2 aromatic rings. The van der Waals surface area contributed by atoms with Gasteiger partial charge in [0, 0.05) is 23.7 Å². The third-order valence-electron chi connectivity index (χ3n) is 4.29. The van der Waals surface area contributed by atoms with E-state index in [0.29, 0.717) is 0 Å². The van der Waals surface area contributed by atoms with Crippen molar-refractivity contribution in [3.05, 3.63) is 40.7 Å². The van der Waals surface area contributed by atoms with Gasteiger partial charge in [0.2, 0.25) is 0 Å². The Morgan fingerprint density at radius 1 is 1.14 bits per heavy atom. The quantitative estimate of drug-likeness (QED) is 0.632. The lowest BCUT2D eigenvalue weighted by Gasteiger charge is -2.30. The molecule has 4 N–H and O–H groups in total. The fraction of sp³-hybridized carbons (Fsp3) is 0.438. The topological polar surface area (TPSA) is 80.9 Å². The van der Waals surface area contributed by atoms with Gasteiger partial charge in [-0.1, -0.05) is 26.0 Å². The van der Waals surface area contributed by atoms with Crippen LogP contribution in [0.3, 0.4) is 0 Å². The van der Waals surface area contributed by atoms with E-state index in [-0.39, 0.29) is 17.6 Å². The van der Waals surface area contributed by atoms with Crippen LogP contribution in [0.5, 0.6) is 0 Å². The van der Waals surface area contributed by atoms with Crippen molar-refractivity contribution in [1.29, 1.82) is 0 Å². The summed E-state index contributed by atoms with van der Waals surface area (Å²) in [5.41, 5.74) is 2.55. The molecular formula is C16H23N3O2. The highest BCUT2D eigenvalue weighted by Gasteiger charge is 2.24. The van der Waals surface area contributed by atoms with Crippen LogP contribution in [0.1, 0.15) is 26.7 Å². The summed E-state index contributed by atoms with van der Waals surface area (Å²) in [6.45, 7) is 5.14. The SMILES string of the molecule is CCC(CC)(CO)CNc1ccc(-c2cc(=O)[nH][nH]2)cc1. The molecule has 0 aliphatic carbocycles. The molecule has 0 atom stereocenters. The van der Waals surface area contributed by atoms with Crippen molar-refractivity contribution in [3.63, 3.8) is 0 Å². The Balaban J connectivity index is 2.04. The van der Waals surface area contributed by atoms with Gasteiger partial charge in [-0.05, 0) is 30.5 Å². The molecule has 0 radical (unpaired) electrons. The van der Waals surface area contributed by atoms with Gasteiger partial charge in [-0.2, -0.15) is 0 Å². The van der Waals surface area contributed by atoms with E-state index in [1.807, 2.05) is 24.3 Å². The largest absolute Gasteiger partial charge is 0.396 e. The van der Waals surface area contributed by atoms with E-state index in [4.69, 9.17) is 0 Å². The van der Waals surface area contributed by atoms with Crippen LogP contribution in [0.25, 0.3) is 11.3 Å². The van der Waals surface area contributed by atoms with Crippen LogP contribution in [0, 0.1) is 5.41 Å². The smallest absolute Gasteiger partial charge is 0.264 e. The van der Waals surface area contributed by atoms with Crippen molar-refractivity contribution >= 4 is 5.69 Å². The molecule has 21 heavy (non-hydrogen) atoms. The summed E-state index contributed by atoms with van der Waals surface area (Å²) < 4.78 is 0. The van der Waals surface area contributed by atoms with Gasteiger partial charge in [0.25, 0.3) is 5.56 Å². The average molecular weight is 289 g/mol. The van der Waals surface area contributed by atoms with E-state index in [1.165, 1.54) is 6.07 Å². The predicted octanol–water partition coefficient (Wildman–Crippen LogP) is 2.58. The van der Waals surface area contributed by atoms with Crippen LogP contribution in [-0.4, -0.2) is 28.5 Å². The Morgan fingerprint density at radius 3 is 2.29 bits per heavy atom. The first kappa shape index (κ1) is 15.4. The van der Waals surface area contributed by atoms with E-state index >= 15 is 0 Å². The molecule has 0 spiro atoms. The van der Waals surface area contributed by atoms with Gasteiger partial charge in [-0.25, -0.2) is 0 Å². The summed E-state index contributed by atoms with van der Waals surface area (Å²) in [7, 11) is 0. The van der Waals surface area contributed by atoms with Crippen molar-refractivity contribution in [2.24, 2.45) is 5.41 Å². The van der Waals surface area contributed by atoms with Gasteiger partial charge in [0.1, 0.15) is 0 Å². The number of anilines is 1. The first-order chi connectivity index (χ1) is 10.1. The van der Waals surface area contributed by atoms with Gasteiger partial charge in [0.15, 0.2) is 0 Å². The average Bonchev–Trinajstić information content (AvgIpc) is 2.96. The Morgan fingerprint density at radius 2 is 1.81 bits per heavy atom. The Kier molecular flexibility index (Phi) is 4.85. The minimum absolute atomic E-state index is 0.0649. The molecule has 0 fully saturated rings. The highest BCUT2D eigenvalue weighted by Crippen LogP contribution is 2.26. The minimum Gasteiger partial charge on any atom is -0.396 e. The molecule has 5 nitrogen and oxygen atoms in total. The standard InChI is InChI=1S/C16H23N3O2/c1-3-16(4-2,11-20)10-17-13-7-5-12(6-8-13)14-9-15(21)19-18-14/h5-9,17,20H,3-4,10-11H2,1-2H3,(H2,18,19,21). The van der Waals surface area contributed by atoms with Crippen LogP contribution in [-0.2, 0) is 0 Å². The van der Waals surface area contributed by atoms with Crippen molar-refractivity contribution in [1.82, 2.24) is 10.2 Å². The number of hydrogen-bond acceptors (Lipinski definition) is 3. The molecule has 5 heteroatoms. The Labute approximate surface area is 124 Å². The zero-order chi connectivity index (χ0) is 15.3. The van der Waals surface area contributed by atoms with Crippen molar-refractivity contribution in [2.45, 2.75) is 26.7 Å². The molecular weight excluding hydrogens is 266 g/mol. The van der Waals surface area contributed by atoms with Crippen molar-refractivity contribution < 1.29 is 5.11 Å². The number of hydrogen-bond donors (Lipinski definition) is 4. The number of aliphatic hydroxyl groups is 1. The zero-order valence-electron chi connectivity index (χ0n) is 12.6. The number of benzene rings is 1. The molecule has 0 bridgehead atoms. The summed E-state index contributed by atoms with van der Waals surface area (Å²) in [6.07, 6.45) is 1.88. The Bertz CT molecular complexity index is 601. The maximum absolute atomic E-state index is 11.1. The molecule has 0 saturated heterocycles. The summed E-state index contributed by atoms with van der Waals surface area (Å²) in [5, 5.41) is 18.3. The molecule has 0 amide bonds. The molecule has 0 aliphatic rings. The third kappa shape index (κ3) is 3.55. The van der Waals surface area contributed by atoms with Crippen LogP contribution < -0.4 is 10.9 Å². The number of nitrogens with one attached hydrogen (secondary N) is 3. The normalized spacial score (nSPS) is 11.6. The summed E-state index contributed by atoms with van der Waals surface area (Å²) >= 11 is 0. The van der Waals surface area contributed by atoms with Gasteiger partial charge in [-0.15, -0.1) is 0 Å². The lowest BCUT2D eigenvalue weighted by Crippen LogP contribution is -2.32. The second kappa shape index (κ2) is 6.63. The third-order valence-corrected chi connectivity index (χ3v) is 4.29. The first-order valence-corrected chi connectivity index (χ1v) is 7.35. The minimum atomic E-state index is -0.133. The fourth-order valence-electron chi connectivity index (χ4n) is 2.32. The molecule has 2 rings (SSSR count). The van der Waals surface area contributed by atoms with E-state index in [9.17, 15) is 9.90 Å². The molecule has 0 aliphatic heterocycles. The molecule has 1 aromatic carbocycles. The van der Waals surface area contributed by atoms with Crippen LogP contribution in [0.4, 0.5) is 5.69 Å². The number of rotatable bonds is 7. The number of aromatic amines is 2. The van der Waals surface area contributed by atoms with Crippen LogP contribution in [0.2, 0.25) is 0 Å². The highest BCUT2D eigenvalue weighted by atomic mass is 16.3. The van der Waals surface area contributed by atoms with E-state index < -0.39 is 0 Å². The molecule has 1 aromatic heterocycles. The first-order valence-electron chi connectivity index (χ1n) is 7.35. The molecule has 1 heterocycles.